The van der Waals surface area contributed by atoms with Gasteiger partial charge in [0.15, 0.2) is 85.3 Å². The molecular weight excluding hydrogens is 1610 g/mol. The highest BCUT2D eigenvalue weighted by atomic mass is 16.6. The van der Waals surface area contributed by atoms with Gasteiger partial charge in [-0.1, -0.05) is 0 Å². The van der Waals surface area contributed by atoms with Crippen LogP contribution in [0.1, 0.15) is 78.5 Å². The molecule has 1 aliphatic heterocycles. The van der Waals surface area contributed by atoms with Gasteiger partial charge in [0.1, 0.15) is 73.9 Å². The van der Waals surface area contributed by atoms with Crippen molar-refractivity contribution >= 4 is 156 Å². The molecule has 1 unspecified atom stereocenters. The Balaban J connectivity index is 0.000000128. The first-order valence-corrected chi connectivity index (χ1v) is 37.6. The maximum Gasteiger partial charge on any atom is 0.373 e. The highest BCUT2D eigenvalue weighted by Gasteiger charge is 2.31. The number of carboxylic acids is 1. The molecule has 1 atom stereocenters. The summed E-state index contributed by atoms with van der Waals surface area (Å²) in [6.07, 6.45) is 7.61. The molecule has 1 saturated heterocycles. The number of pyridine rings is 5. The summed E-state index contributed by atoms with van der Waals surface area (Å²) in [7, 11) is 21.1. The maximum absolute atomic E-state index is 12.7. The van der Waals surface area contributed by atoms with E-state index < -0.39 is 24.0 Å². The minimum Gasteiger partial charge on any atom is -0.496 e. The lowest BCUT2D eigenvalue weighted by molar-refractivity contribution is 0.0284. The first kappa shape index (κ1) is 86.3. The standard InChI is InChI=1S/C18H18N2O5.C15H13NO5.C15H15NO4.C15H13NO4.C14H11NO5.C12H13NO5/c1-22-15-11-4-3-5-19-14(11)17(23-2)16-12(15)10-13(25-16)18(21)20-6-8-24-9-7-20;1-18-12-8-5-4-6-16-11(8)14(19-2)13-9(12)7-10(21-13)15(17)20-3;2*1-8(17)11-7-10-13(18-2)9-5-4-6-16-12(9)15(19-3)14(10)20-11;1-18-11-7-4-3-5-15-10(7)13(19-2)12-8(11)6-9(20-12)14(16)17;1-15-8-5-7(13)11(16-2)10-6(8)4-9(18-10)12(14)17-3/h3-5,10H,6-9H2,1-2H3;4-7H,1-3H3;4-8,17H,1-3H3;4-7H,1-3H3;3-6H,1-2H3,(H,16,17);4-5H,13H2,1-3H3. The predicted molar refractivity (Wildman–Crippen MR) is 454 cm³/mol. The van der Waals surface area contributed by atoms with Crippen molar-refractivity contribution in [3.63, 3.8) is 0 Å². The van der Waals surface area contributed by atoms with E-state index in [4.69, 9.17) is 98.9 Å². The van der Waals surface area contributed by atoms with E-state index in [1.807, 2.05) is 48.5 Å². The Morgan fingerprint density at radius 3 is 0.976 bits per heavy atom. The largest absolute Gasteiger partial charge is 0.496 e. The molecule has 4 N–H and O–H groups in total. The molecule has 0 bridgehead atoms. The lowest BCUT2D eigenvalue weighted by Gasteiger charge is -2.25. The number of morpholine rings is 1. The van der Waals surface area contributed by atoms with Crippen LogP contribution in [0.3, 0.4) is 0 Å². The molecule has 0 radical (unpaired) electrons. The number of ketones is 1. The van der Waals surface area contributed by atoms with Crippen LogP contribution in [0.4, 0.5) is 5.69 Å². The van der Waals surface area contributed by atoms with Crippen LogP contribution in [0.2, 0.25) is 0 Å². The highest BCUT2D eigenvalue weighted by molar-refractivity contribution is 6.14. The van der Waals surface area contributed by atoms with Gasteiger partial charge in [-0.15, -0.1) is 0 Å². The Bertz CT molecular complexity index is 6470. The molecule has 1 fully saturated rings. The molecule has 35 heteroatoms. The minimum absolute atomic E-state index is 0.0645. The Kier molecular flexibility index (Phi) is 26.0. The number of ether oxygens (including phenoxy) is 15. The smallest absolute Gasteiger partial charge is 0.373 e. The number of esters is 2. The van der Waals surface area contributed by atoms with Gasteiger partial charge in [0.2, 0.25) is 17.3 Å². The summed E-state index contributed by atoms with van der Waals surface area (Å²) >= 11 is 0. The number of Topliss-reactive ketones (excluding diaryl/α,β-unsaturated/α-hetero) is 1. The van der Waals surface area contributed by atoms with Crippen LogP contribution in [0.25, 0.3) is 120 Å². The maximum atomic E-state index is 12.7. The highest BCUT2D eigenvalue weighted by Crippen LogP contribution is 2.50. The Hall–Kier alpha value is -15.5. The fraction of sp³-hybridized carbons (Fsp3) is 0.236. The summed E-state index contributed by atoms with van der Waals surface area (Å²) in [5.41, 5.74) is 11.8. The van der Waals surface area contributed by atoms with Crippen molar-refractivity contribution in [3.8, 4) is 69.0 Å². The molecule has 12 heterocycles. The van der Waals surface area contributed by atoms with Gasteiger partial charge in [0.25, 0.3) is 5.91 Å². The van der Waals surface area contributed by atoms with Crippen LogP contribution in [0.5, 0.6) is 69.0 Å². The van der Waals surface area contributed by atoms with Crippen LogP contribution >= 0.6 is 0 Å². The van der Waals surface area contributed by atoms with Crippen LogP contribution < -0.4 is 62.6 Å². The van der Waals surface area contributed by atoms with Crippen molar-refractivity contribution < 1.29 is 132 Å². The number of aliphatic hydroxyl groups excluding tert-OH is 1. The molecule has 1 amide bonds. The van der Waals surface area contributed by atoms with Crippen LogP contribution in [0.15, 0.2) is 161 Å². The Labute approximate surface area is 703 Å². The number of hydrogen-bond acceptors (Lipinski definition) is 33. The van der Waals surface area contributed by atoms with E-state index in [9.17, 15) is 29.1 Å². The number of nitrogens with two attached hydrogens (primary N) is 1. The number of fused-ring (bicyclic) bond motifs is 11. The van der Waals surface area contributed by atoms with Gasteiger partial charge in [-0.05, 0) is 79.7 Å². The lowest BCUT2D eigenvalue weighted by atomic mass is 10.1. The predicted octanol–water partition coefficient (Wildman–Crippen LogP) is 16.0. The molecule has 18 rings (SSSR count). The quantitative estimate of drug-likeness (QED) is 0.0408. The van der Waals surface area contributed by atoms with E-state index >= 15 is 0 Å². The van der Waals surface area contributed by atoms with Gasteiger partial charge in [0.05, 0.1) is 151 Å². The Morgan fingerprint density at radius 2 is 0.653 bits per heavy atom. The number of nitrogens with zero attached hydrogens (tertiary/aromatic N) is 6. The van der Waals surface area contributed by atoms with Crippen molar-refractivity contribution in [3.05, 3.63) is 169 Å². The number of benzene rings is 6. The lowest BCUT2D eigenvalue weighted by Crippen LogP contribution is -2.40. The average molecular weight is 1700 g/mol. The number of methoxy groups -OCH3 is 14. The fourth-order valence-electron chi connectivity index (χ4n) is 14.3. The van der Waals surface area contributed by atoms with Gasteiger partial charge in [-0.2, -0.15) is 0 Å². The zero-order valence-electron chi connectivity index (χ0n) is 69.9. The molecule has 1 aliphatic rings. The SMILES string of the molecule is COC(=O)c1cc2c(OC)c3cccnc3c(OC)c2o1.COC(=O)c1cc2c(OC)cc(N)c(OC)c2o1.COc1c2cccnc2c(OC)c2oc(C(=O)N3CCOCC3)cc12.COc1c2cccnc2c(OC)c2oc(C(=O)O)cc12.COc1c2cccnc2c(OC)c2oc(C(C)=O)cc12.COc1c2cccnc2c(OC)c2oc(C(C)O)cc12. The number of nitrogen functional groups attached to an aromatic ring is 1. The van der Waals surface area contributed by atoms with Crippen molar-refractivity contribution in [2.45, 2.75) is 20.0 Å². The van der Waals surface area contributed by atoms with Crippen LogP contribution in [-0.2, 0) is 14.2 Å². The summed E-state index contributed by atoms with van der Waals surface area (Å²) in [6, 6.07) is 29.8. The topological polar surface area (TPSA) is 437 Å². The molecule has 0 saturated carbocycles. The van der Waals surface area contributed by atoms with Crippen molar-refractivity contribution in [1.29, 1.82) is 0 Å². The third-order valence-corrected chi connectivity index (χ3v) is 19.7. The molecule has 35 nitrogen and oxygen atoms in total. The summed E-state index contributed by atoms with van der Waals surface area (Å²) < 4.78 is 113. The number of carbonyl (C=O) groups is 5. The van der Waals surface area contributed by atoms with Gasteiger partial charge in [-0.25, -0.2) is 14.4 Å². The van der Waals surface area contributed by atoms with Crippen molar-refractivity contribution in [2.75, 3.05) is 132 Å². The number of rotatable bonds is 18. The van der Waals surface area contributed by atoms with E-state index in [1.54, 1.807) is 135 Å². The third-order valence-electron chi connectivity index (χ3n) is 19.7. The van der Waals surface area contributed by atoms with E-state index in [1.165, 1.54) is 68.8 Å². The number of amides is 1. The second-order valence-corrected chi connectivity index (χ2v) is 26.6. The van der Waals surface area contributed by atoms with Crippen molar-refractivity contribution in [2.24, 2.45) is 0 Å². The summed E-state index contributed by atoms with van der Waals surface area (Å²) in [6.45, 7) is 5.27. The monoisotopic (exact) mass is 1700 g/mol. The minimum atomic E-state index is -1.15. The van der Waals surface area contributed by atoms with E-state index in [0.717, 1.165) is 32.3 Å². The normalized spacial score (nSPS) is 11.9. The summed E-state index contributed by atoms with van der Waals surface area (Å²) in [5.74, 6) is 4.61. The van der Waals surface area contributed by atoms with E-state index in [0.29, 0.717) is 195 Å². The van der Waals surface area contributed by atoms with Gasteiger partial charge < -0.3 is 118 Å². The Morgan fingerprint density at radius 1 is 0.363 bits per heavy atom. The van der Waals surface area contributed by atoms with E-state index in [2.05, 4.69) is 34.4 Å². The third kappa shape index (κ3) is 16.1. The van der Waals surface area contributed by atoms with Crippen LogP contribution in [-0.4, -0.2) is 195 Å². The molecule has 642 valence electrons. The zero-order chi connectivity index (χ0) is 88.5. The molecule has 11 aromatic heterocycles. The fourth-order valence-corrected chi connectivity index (χ4v) is 14.3. The second-order valence-electron chi connectivity index (χ2n) is 26.6. The van der Waals surface area contributed by atoms with Gasteiger partial charge >= 0.3 is 17.9 Å². The zero-order valence-corrected chi connectivity index (χ0v) is 69.9. The molecular formula is C89H83N7O28. The molecule has 0 spiro atoms. The first-order chi connectivity index (χ1) is 60.1. The number of hydrogen-bond donors (Lipinski definition) is 3. The summed E-state index contributed by atoms with van der Waals surface area (Å²) in [5, 5.41) is 26.7. The van der Waals surface area contributed by atoms with Crippen molar-refractivity contribution in [1.82, 2.24) is 29.8 Å². The van der Waals surface area contributed by atoms with Gasteiger partial charge in [0, 0.05) is 108 Å². The number of furan rings is 6. The van der Waals surface area contributed by atoms with E-state index in [-0.39, 0.29) is 40.5 Å². The first-order valence-electron chi connectivity index (χ1n) is 37.6. The number of aromatic carboxylic acids is 1. The second kappa shape index (κ2) is 37.4. The molecule has 17 aromatic rings. The number of anilines is 1. The summed E-state index contributed by atoms with van der Waals surface area (Å²) in [4.78, 5) is 81.7. The molecule has 6 aromatic carbocycles. The number of carbonyl (C=O) groups excluding carboxylic acids is 4. The molecule has 0 aliphatic carbocycles. The van der Waals surface area contributed by atoms with Crippen LogP contribution in [0, 0.1) is 0 Å². The molecule has 124 heavy (non-hydrogen) atoms. The number of aliphatic hydroxyl groups is 1. The number of aromatic nitrogens is 5. The average Bonchev–Trinajstić information content (AvgIpc) is 1.61. The van der Waals surface area contributed by atoms with Gasteiger partial charge in [-0.3, -0.25) is 34.5 Å². The number of carboxylic acid groups (broad SMARTS) is 1.